The van der Waals surface area contributed by atoms with Crippen molar-refractivity contribution in [1.82, 2.24) is 9.66 Å². The Balaban J connectivity index is 1.36. The first kappa shape index (κ1) is 27.3. The van der Waals surface area contributed by atoms with Crippen molar-refractivity contribution in [2.45, 2.75) is 6.61 Å². The van der Waals surface area contributed by atoms with Crippen LogP contribution in [0.2, 0.25) is 5.02 Å². The first-order valence-corrected chi connectivity index (χ1v) is 14.4. The molecule has 0 fully saturated rings. The highest BCUT2D eigenvalue weighted by molar-refractivity contribution is 9.11. The number of fused-ring (bicyclic) bond motifs is 2. The second kappa shape index (κ2) is 11.5. The van der Waals surface area contributed by atoms with Crippen LogP contribution in [0.25, 0.3) is 33.5 Å². The van der Waals surface area contributed by atoms with Crippen molar-refractivity contribution < 1.29 is 13.9 Å². The number of ether oxygens (including phenoxy) is 2. The van der Waals surface area contributed by atoms with Crippen molar-refractivity contribution in [2.24, 2.45) is 5.10 Å². The minimum Gasteiger partial charge on any atom is -0.493 e. The Kier molecular flexibility index (Phi) is 7.66. The van der Waals surface area contributed by atoms with Crippen LogP contribution in [-0.4, -0.2) is 23.0 Å². The molecule has 0 radical (unpaired) electrons. The van der Waals surface area contributed by atoms with E-state index in [1.807, 2.05) is 30.3 Å². The van der Waals surface area contributed by atoms with E-state index < -0.39 is 0 Å². The molecule has 2 aromatic heterocycles. The van der Waals surface area contributed by atoms with Gasteiger partial charge in [-0.15, -0.1) is 0 Å². The lowest BCUT2D eigenvalue weighted by atomic mass is 10.2. The van der Waals surface area contributed by atoms with E-state index in [-0.39, 0.29) is 11.4 Å². The van der Waals surface area contributed by atoms with E-state index in [0.717, 1.165) is 19.9 Å². The highest BCUT2D eigenvalue weighted by Crippen LogP contribution is 2.31. The molecule has 7 nitrogen and oxygen atoms in total. The lowest BCUT2D eigenvalue weighted by Crippen LogP contribution is -2.20. The molecule has 0 bridgehead atoms. The third-order valence-electron chi connectivity index (χ3n) is 6.36. The molecule has 2 heterocycles. The molecule has 204 valence electrons. The van der Waals surface area contributed by atoms with Crippen LogP contribution in [0.1, 0.15) is 11.1 Å². The Morgan fingerprint density at radius 3 is 2.68 bits per heavy atom. The maximum absolute atomic E-state index is 13.6. The van der Waals surface area contributed by atoms with Crippen molar-refractivity contribution in [3.63, 3.8) is 0 Å². The molecule has 10 heteroatoms. The van der Waals surface area contributed by atoms with Crippen LogP contribution in [0.15, 0.2) is 108 Å². The maximum atomic E-state index is 13.6. The predicted molar refractivity (Wildman–Crippen MR) is 168 cm³/mol. The number of para-hydroxylation sites is 1. The molecule has 0 aliphatic carbocycles. The fourth-order valence-electron chi connectivity index (χ4n) is 4.32. The van der Waals surface area contributed by atoms with Crippen LogP contribution in [0, 0.1) is 0 Å². The standard InChI is InChI=1S/C31H20Br2ClN3O4/c1-39-28-12-18(6-10-27(28)40-17-19-7-8-21(32)15-24(19)33)16-35-37-30(36-25-5-3-2-4-23(25)31(37)38)29-14-20-13-22(34)9-11-26(20)41-29/h2-16H,17H2,1H3. The monoisotopic (exact) mass is 691 g/mol. The predicted octanol–water partition coefficient (Wildman–Crippen LogP) is 8.46. The molecule has 6 rings (SSSR count). The van der Waals surface area contributed by atoms with E-state index in [4.69, 9.17) is 30.5 Å². The first-order valence-electron chi connectivity index (χ1n) is 12.4. The second-order valence-corrected chi connectivity index (χ2v) is 11.2. The number of hydrogen-bond donors (Lipinski definition) is 0. The number of halogens is 3. The highest BCUT2D eigenvalue weighted by Gasteiger charge is 2.17. The van der Waals surface area contributed by atoms with Gasteiger partial charge in [0.1, 0.15) is 12.2 Å². The van der Waals surface area contributed by atoms with Gasteiger partial charge < -0.3 is 13.9 Å². The molecule has 41 heavy (non-hydrogen) atoms. The van der Waals surface area contributed by atoms with Crippen LogP contribution in [0.4, 0.5) is 0 Å². The summed E-state index contributed by atoms with van der Waals surface area (Å²) < 4.78 is 20.8. The van der Waals surface area contributed by atoms with Crippen LogP contribution in [0.5, 0.6) is 11.5 Å². The fraction of sp³-hybridized carbons (Fsp3) is 0.0645. The van der Waals surface area contributed by atoms with Crippen molar-refractivity contribution >= 4 is 71.5 Å². The average Bonchev–Trinajstić information content (AvgIpc) is 3.39. The van der Waals surface area contributed by atoms with Crippen LogP contribution in [-0.2, 0) is 6.61 Å². The van der Waals surface area contributed by atoms with E-state index in [0.29, 0.717) is 50.9 Å². The summed E-state index contributed by atoms with van der Waals surface area (Å²) in [5, 5.41) is 6.34. The van der Waals surface area contributed by atoms with Crippen molar-refractivity contribution in [2.75, 3.05) is 7.11 Å². The quantitative estimate of drug-likeness (QED) is 0.157. The zero-order valence-electron chi connectivity index (χ0n) is 21.5. The van der Waals surface area contributed by atoms with Crippen molar-refractivity contribution in [3.8, 4) is 23.1 Å². The Morgan fingerprint density at radius 1 is 1.00 bits per heavy atom. The van der Waals surface area contributed by atoms with Crippen LogP contribution >= 0.6 is 43.5 Å². The summed E-state index contributed by atoms with van der Waals surface area (Å²) in [6, 6.07) is 25.6. The normalized spacial score (nSPS) is 11.5. The van der Waals surface area contributed by atoms with E-state index in [1.54, 1.807) is 67.9 Å². The zero-order chi connectivity index (χ0) is 28.5. The topological polar surface area (TPSA) is 78.9 Å². The number of rotatable bonds is 7. The van der Waals surface area contributed by atoms with Gasteiger partial charge in [0.2, 0.25) is 5.82 Å². The molecule has 0 amide bonds. The zero-order valence-corrected chi connectivity index (χ0v) is 25.4. The lowest BCUT2D eigenvalue weighted by molar-refractivity contribution is 0.284. The summed E-state index contributed by atoms with van der Waals surface area (Å²) in [6.07, 6.45) is 1.57. The molecule has 0 saturated carbocycles. The number of nitrogens with zero attached hydrogens (tertiary/aromatic N) is 3. The largest absolute Gasteiger partial charge is 0.493 e. The highest BCUT2D eigenvalue weighted by atomic mass is 79.9. The summed E-state index contributed by atoms with van der Waals surface area (Å²) >= 11 is 13.2. The SMILES string of the molecule is COc1cc(C=Nn2c(-c3cc4cc(Cl)ccc4o3)nc3ccccc3c2=O)ccc1OCc1ccc(Br)cc1Br. The van der Waals surface area contributed by atoms with Gasteiger partial charge in [-0.3, -0.25) is 4.79 Å². The maximum Gasteiger partial charge on any atom is 0.282 e. The van der Waals surface area contributed by atoms with Gasteiger partial charge in [0.05, 0.1) is 24.2 Å². The van der Waals surface area contributed by atoms with Crippen molar-refractivity contribution in [3.05, 3.63) is 120 Å². The van der Waals surface area contributed by atoms with E-state index in [9.17, 15) is 4.79 Å². The molecular weight excluding hydrogens is 674 g/mol. The van der Waals surface area contributed by atoms with Gasteiger partial charge in [-0.1, -0.05) is 61.7 Å². The number of hydrogen-bond acceptors (Lipinski definition) is 6. The molecule has 0 aliphatic heterocycles. The molecule has 0 spiro atoms. The number of methoxy groups -OCH3 is 1. The van der Waals surface area contributed by atoms with Gasteiger partial charge in [-0.05, 0) is 72.3 Å². The lowest BCUT2D eigenvalue weighted by Gasteiger charge is -2.12. The molecule has 0 atom stereocenters. The van der Waals surface area contributed by atoms with E-state index in [2.05, 4.69) is 37.0 Å². The smallest absolute Gasteiger partial charge is 0.282 e. The number of aromatic nitrogens is 2. The molecule has 6 aromatic rings. The van der Waals surface area contributed by atoms with Crippen molar-refractivity contribution in [1.29, 1.82) is 0 Å². The third-order valence-corrected chi connectivity index (χ3v) is 7.83. The number of benzene rings is 4. The minimum atomic E-state index is -0.327. The minimum absolute atomic E-state index is 0.268. The summed E-state index contributed by atoms with van der Waals surface area (Å²) in [7, 11) is 1.57. The van der Waals surface area contributed by atoms with Gasteiger partial charge in [0.15, 0.2) is 17.3 Å². The van der Waals surface area contributed by atoms with Gasteiger partial charge in [0, 0.05) is 24.9 Å². The summed E-state index contributed by atoms with van der Waals surface area (Å²) in [6.45, 7) is 0.349. The second-order valence-electron chi connectivity index (χ2n) is 9.04. The Bertz CT molecular complexity index is 2020. The van der Waals surface area contributed by atoms with E-state index in [1.165, 1.54) is 4.68 Å². The average molecular weight is 694 g/mol. The Hall–Kier alpha value is -3.92. The summed E-state index contributed by atoms with van der Waals surface area (Å²) in [5.74, 6) is 1.76. The summed E-state index contributed by atoms with van der Waals surface area (Å²) in [5.41, 5.74) is 2.52. The fourth-order valence-corrected chi connectivity index (χ4v) is 5.66. The molecule has 0 N–H and O–H groups in total. The Labute approximate surface area is 256 Å². The van der Waals surface area contributed by atoms with E-state index >= 15 is 0 Å². The van der Waals surface area contributed by atoms with Gasteiger partial charge in [-0.2, -0.15) is 9.78 Å². The molecular formula is C31H20Br2ClN3O4. The van der Waals surface area contributed by atoms with Gasteiger partial charge >= 0.3 is 0 Å². The molecule has 4 aromatic carbocycles. The first-order chi connectivity index (χ1) is 19.9. The van der Waals surface area contributed by atoms with Gasteiger partial charge in [0.25, 0.3) is 5.56 Å². The van der Waals surface area contributed by atoms with Gasteiger partial charge in [-0.25, -0.2) is 4.98 Å². The van der Waals surface area contributed by atoms with Crippen LogP contribution in [0.3, 0.4) is 0 Å². The summed E-state index contributed by atoms with van der Waals surface area (Å²) in [4.78, 5) is 18.3. The molecule has 0 aliphatic rings. The molecule has 0 unspecified atom stereocenters. The number of furan rings is 1. The van der Waals surface area contributed by atoms with Crippen LogP contribution < -0.4 is 15.0 Å². The third kappa shape index (κ3) is 5.66. The molecule has 0 saturated heterocycles. The Morgan fingerprint density at radius 2 is 1.85 bits per heavy atom.